The highest BCUT2D eigenvalue weighted by Gasteiger charge is 2.29. The summed E-state index contributed by atoms with van der Waals surface area (Å²) in [5.41, 5.74) is 8.26. The number of anilines is 1. The van der Waals surface area contributed by atoms with Gasteiger partial charge in [-0.2, -0.15) is 5.06 Å². The molecule has 0 spiro atoms. The minimum Gasteiger partial charge on any atom is -0.465 e. The molecule has 2 aromatic carbocycles. The number of amides is 1. The molecule has 0 radical (unpaired) electrons. The Labute approximate surface area is 265 Å². The van der Waals surface area contributed by atoms with Crippen LogP contribution >= 0.6 is 0 Å². The second-order valence-electron chi connectivity index (χ2n) is 10.4. The van der Waals surface area contributed by atoms with E-state index in [1.54, 1.807) is 48.5 Å². The molecule has 0 aromatic heterocycles. The summed E-state index contributed by atoms with van der Waals surface area (Å²) >= 11 is 0. The fraction of sp³-hybridized carbons (Fsp3) is 0.281. The molecule has 13 nitrogen and oxygen atoms in total. The van der Waals surface area contributed by atoms with Gasteiger partial charge in [0, 0.05) is 61.1 Å². The summed E-state index contributed by atoms with van der Waals surface area (Å²) in [4.78, 5) is 51.5. The number of nitrogen functional groups attached to an aromatic ring is 1. The highest BCUT2D eigenvalue weighted by atomic mass is 32.2. The molecule has 0 atom stereocenters. The Hall–Kier alpha value is -5.08. The number of sulfonamides is 1. The lowest BCUT2D eigenvalue weighted by Crippen LogP contribution is -2.30. The summed E-state index contributed by atoms with van der Waals surface area (Å²) in [6.07, 6.45) is 1.78. The van der Waals surface area contributed by atoms with E-state index in [1.165, 1.54) is 20.2 Å². The number of carbonyl (C=O) groups is 4. The van der Waals surface area contributed by atoms with Crippen LogP contribution in [-0.2, 0) is 34.0 Å². The van der Waals surface area contributed by atoms with Crippen LogP contribution in [0.1, 0.15) is 48.9 Å². The standard InChI is InChI=1S/C32H34N4O9S/c1-36(27(38)11-8-18-37)45-28(39)12-4-3-7-17-35-46(41,42)31-25(34)16-15-24-29(21-9-5-6-10-22(21)32(40)43-2)23-14-13-20(33)19-26(23)44-30(24)31/h5-6,9-10,13-16,18-19,34-35H,3-4,7-8,11-12,17,33H2,1-2H3. The highest BCUT2D eigenvalue weighted by molar-refractivity contribution is 7.89. The fourth-order valence-electron chi connectivity index (χ4n) is 4.93. The van der Waals surface area contributed by atoms with Gasteiger partial charge < -0.3 is 24.5 Å². The Morgan fingerprint density at radius 1 is 1.02 bits per heavy atom. The van der Waals surface area contributed by atoms with Crippen molar-refractivity contribution < 1.29 is 41.6 Å². The number of methoxy groups -OCH3 is 1. The lowest BCUT2D eigenvalue weighted by molar-refractivity contribution is -0.192. The van der Waals surface area contributed by atoms with Gasteiger partial charge in [-0.05, 0) is 48.7 Å². The van der Waals surface area contributed by atoms with E-state index in [0.29, 0.717) is 53.3 Å². The van der Waals surface area contributed by atoms with Crippen LogP contribution < -0.4 is 15.8 Å². The van der Waals surface area contributed by atoms with Gasteiger partial charge in [-0.15, -0.1) is 0 Å². The third-order valence-corrected chi connectivity index (χ3v) is 8.68. The van der Waals surface area contributed by atoms with Crippen LogP contribution in [0.4, 0.5) is 5.69 Å². The van der Waals surface area contributed by atoms with Gasteiger partial charge >= 0.3 is 11.9 Å². The van der Waals surface area contributed by atoms with Crippen LogP contribution in [0, 0.1) is 5.41 Å². The summed E-state index contributed by atoms with van der Waals surface area (Å²) in [5.74, 6) is -1.79. The fourth-order valence-corrected chi connectivity index (χ4v) is 6.24. The van der Waals surface area contributed by atoms with Crippen molar-refractivity contribution >= 4 is 50.8 Å². The number of nitrogens with one attached hydrogen (secondary N) is 2. The Bertz CT molecular complexity index is 1920. The first-order valence-electron chi connectivity index (χ1n) is 14.4. The molecule has 1 heterocycles. The second kappa shape index (κ2) is 14.8. The van der Waals surface area contributed by atoms with Crippen LogP contribution in [0.25, 0.3) is 33.4 Å². The van der Waals surface area contributed by atoms with Gasteiger partial charge in [-0.1, -0.05) is 24.6 Å². The first-order chi connectivity index (χ1) is 22.0. The van der Waals surface area contributed by atoms with Crippen molar-refractivity contribution in [2.75, 3.05) is 26.4 Å². The number of hydroxylamine groups is 2. The van der Waals surface area contributed by atoms with E-state index in [9.17, 15) is 27.6 Å². The van der Waals surface area contributed by atoms with Crippen LogP contribution in [0.3, 0.4) is 0 Å². The molecule has 1 aliphatic carbocycles. The summed E-state index contributed by atoms with van der Waals surface area (Å²) in [6, 6.07) is 14.6. The number of rotatable bonds is 13. The SMILES string of the molecule is COC(=O)c1ccccc1-c1c2ccc(=N)c(S(=O)(=O)NCCCCCC(=O)ON(C)C(=O)CCC=O)c-2oc2cc(N)ccc12. The van der Waals surface area contributed by atoms with Gasteiger partial charge in [-0.3, -0.25) is 10.2 Å². The molecular formula is C32H34N4O9S. The van der Waals surface area contributed by atoms with Crippen LogP contribution in [0.5, 0.6) is 0 Å². The molecule has 0 saturated carbocycles. The summed E-state index contributed by atoms with van der Waals surface area (Å²) in [6.45, 7) is 0.00977. The molecule has 0 unspecified atom stereocenters. The number of benzene rings is 3. The first-order valence-corrected chi connectivity index (χ1v) is 15.9. The molecule has 2 aromatic rings. The second-order valence-corrected chi connectivity index (χ2v) is 12.1. The molecule has 2 aliphatic rings. The molecule has 1 aliphatic heterocycles. The van der Waals surface area contributed by atoms with Gasteiger partial charge in [0.05, 0.1) is 18.0 Å². The van der Waals surface area contributed by atoms with Crippen LogP contribution in [0.15, 0.2) is 63.9 Å². The number of carbonyl (C=O) groups excluding carboxylic acids is 4. The highest BCUT2D eigenvalue weighted by Crippen LogP contribution is 2.43. The van der Waals surface area contributed by atoms with Crippen molar-refractivity contribution in [2.24, 2.45) is 0 Å². The van der Waals surface area contributed by atoms with Crippen molar-refractivity contribution in [3.63, 3.8) is 0 Å². The largest absolute Gasteiger partial charge is 0.465 e. The van der Waals surface area contributed by atoms with Crippen molar-refractivity contribution in [3.05, 3.63) is 65.5 Å². The lowest BCUT2D eigenvalue weighted by Gasteiger charge is -2.20. The van der Waals surface area contributed by atoms with Gasteiger partial charge in [0.15, 0.2) is 10.7 Å². The number of aldehydes is 1. The molecule has 14 heteroatoms. The Balaban J connectivity index is 1.55. The third-order valence-electron chi connectivity index (χ3n) is 7.15. The zero-order valence-electron chi connectivity index (χ0n) is 25.3. The third kappa shape index (κ3) is 7.58. The molecule has 4 N–H and O–H groups in total. The number of nitrogens with two attached hydrogens (primary N) is 1. The van der Waals surface area contributed by atoms with E-state index < -0.39 is 27.9 Å². The van der Waals surface area contributed by atoms with Crippen molar-refractivity contribution in [3.8, 4) is 22.5 Å². The van der Waals surface area contributed by atoms with E-state index in [1.807, 2.05) is 0 Å². The number of hydrogen-bond acceptors (Lipinski definition) is 11. The van der Waals surface area contributed by atoms with Gasteiger partial charge in [0.1, 0.15) is 11.9 Å². The maximum Gasteiger partial charge on any atom is 0.338 e. The minimum absolute atomic E-state index is 0.00313. The maximum atomic E-state index is 13.6. The summed E-state index contributed by atoms with van der Waals surface area (Å²) < 4.78 is 40.9. The summed E-state index contributed by atoms with van der Waals surface area (Å²) in [5, 5.41) is 9.59. The topological polar surface area (TPSA) is 199 Å². The predicted octanol–water partition coefficient (Wildman–Crippen LogP) is 3.79. The number of ether oxygens (including phenoxy) is 1. The Kier molecular flexibility index (Phi) is 10.9. The molecule has 46 heavy (non-hydrogen) atoms. The zero-order valence-corrected chi connectivity index (χ0v) is 26.1. The van der Waals surface area contributed by atoms with E-state index >= 15 is 0 Å². The maximum absolute atomic E-state index is 13.6. The number of nitrogens with zero attached hydrogens (tertiary/aromatic N) is 1. The molecule has 0 fully saturated rings. The van der Waals surface area contributed by atoms with Crippen molar-refractivity contribution in [1.29, 1.82) is 5.41 Å². The quantitative estimate of drug-likeness (QED) is 0.0478. The van der Waals surface area contributed by atoms with E-state index in [4.69, 9.17) is 25.1 Å². The number of fused-ring (bicyclic) bond motifs is 2. The summed E-state index contributed by atoms with van der Waals surface area (Å²) in [7, 11) is -1.72. The van der Waals surface area contributed by atoms with Gasteiger partial charge in [0.2, 0.25) is 10.0 Å². The molecule has 242 valence electrons. The average molecular weight is 651 g/mol. The number of esters is 1. The molecule has 4 rings (SSSR count). The molecule has 0 bridgehead atoms. The van der Waals surface area contributed by atoms with E-state index in [2.05, 4.69) is 4.72 Å². The number of unbranched alkanes of at least 4 members (excludes halogenated alkanes) is 2. The van der Waals surface area contributed by atoms with E-state index in [0.717, 1.165) is 5.06 Å². The van der Waals surface area contributed by atoms with E-state index in [-0.39, 0.29) is 53.0 Å². The molecular weight excluding hydrogens is 616 g/mol. The van der Waals surface area contributed by atoms with Crippen molar-refractivity contribution in [1.82, 2.24) is 9.79 Å². The van der Waals surface area contributed by atoms with Crippen LogP contribution in [-0.4, -0.2) is 58.3 Å². The first kappa shape index (κ1) is 33.8. The smallest absolute Gasteiger partial charge is 0.338 e. The molecule has 0 saturated heterocycles. The molecule has 1 amide bonds. The Morgan fingerprint density at radius 3 is 2.52 bits per heavy atom. The van der Waals surface area contributed by atoms with Gasteiger partial charge in [0.25, 0.3) is 5.91 Å². The zero-order chi connectivity index (χ0) is 33.4. The minimum atomic E-state index is -4.28. The van der Waals surface area contributed by atoms with Gasteiger partial charge in [-0.25, -0.2) is 22.7 Å². The normalized spacial score (nSPS) is 11.3. The van der Waals surface area contributed by atoms with Crippen LogP contribution in [0.2, 0.25) is 0 Å². The van der Waals surface area contributed by atoms with Crippen molar-refractivity contribution in [2.45, 2.75) is 43.4 Å². The Morgan fingerprint density at radius 2 is 1.78 bits per heavy atom. The lowest BCUT2D eigenvalue weighted by atomic mass is 9.90. The number of hydrogen-bond donors (Lipinski definition) is 3. The average Bonchev–Trinajstić information content (AvgIpc) is 3.03. The predicted molar refractivity (Wildman–Crippen MR) is 168 cm³/mol. The monoisotopic (exact) mass is 650 g/mol.